The van der Waals surface area contributed by atoms with Crippen LogP contribution in [-0.4, -0.2) is 34.2 Å². The van der Waals surface area contributed by atoms with Crippen molar-refractivity contribution in [3.05, 3.63) is 48.0 Å². The van der Waals surface area contributed by atoms with Crippen LogP contribution < -0.4 is 9.96 Å². The van der Waals surface area contributed by atoms with Crippen molar-refractivity contribution >= 4 is 17.5 Å². The number of hydrogen-bond acceptors (Lipinski definition) is 6. The van der Waals surface area contributed by atoms with E-state index in [4.69, 9.17) is 4.74 Å². The fourth-order valence-corrected chi connectivity index (χ4v) is 2.86. The van der Waals surface area contributed by atoms with Crippen LogP contribution in [0.5, 0.6) is 5.75 Å². The number of carbonyl (C=O) groups is 2. The van der Waals surface area contributed by atoms with Gasteiger partial charge in [0.25, 0.3) is 0 Å². The van der Waals surface area contributed by atoms with Gasteiger partial charge < -0.3 is 4.74 Å². The average Bonchev–Trinajstić information content (AvgIpc) is 2.93. The van der Waals surface area contributed by atoms with E-state index in [9.17, 15) is 20.0 Å². The van der Waals surface area contributed by atoms with E-state index >= 15 is 0 Å². The monoisotopic (exact) mass is 342 g/mol. The summed E-state index contributed by atoms with van der Waals surface area (Å²) in [6.45, 7) is 0.209. The van der Waals surface area contributed by atoms with Gasteiger partial charge in [-0.3, -0.25) is 24.9 Å². The zero-order valence-electron chi connectivity index (χ0n) is 13.7. The van der Waals surface area contributed by atoms with E-state index in [2.05, 4.69) is 0 Å². The predicted molar refractivity (Wildman–Crippen MR) is 89.3 cm³/mol. The van der Waals surface area contributed by atoms with Crippen molar-refractivity contribution < 1.29 is 24.7 Å². The highest BCUT2D eigenvalue weighted by molar-refractivity contribution is 6.01. The molecule has 2 aromatic carbocycles. The molecule has 0 aromatic heterocycles. The molecule has 1 aliphatic rings. The topological polar surface area (TPSA) is 90.3 Å². The van der Waals surface area contributed by atoms with Crippen LogP contribution in [-0.2, 0) is 16.1 Å². The first kappa shape index (κ1) is 16.9. The van der Waals surface area contributed by atoms with Gasteiger partial charge in [0.1, 0.15) is 5.75 Å². The third-order valence-electron chi connectivity index (χ3n) is 4.15. The van der Waals surface area contributed by atoms with Gasteiger partial charge in [-0.1, -0.05) is 18.2 Å². The molecule has 1 aliphatic heterocycles. The molecule has 1 heterocycles. The largest absolute Gasteiger partial charge is 0.496 e. The van der Waals surface area contributed by atoms with E-state index in [1.807, 2.05) is 6.07 Å². The summed E-state index contributed by atoms with van der Waals surface area (Å²) in [6.07, 6.45) is 0.513. The average molecular weight is 342 g/mol. The smallest absolute Gasteiger partial charge is 0.229 e. The molecule has 0 atom stereocenters. The van der Waals surface area contributed by atoms with Crippen LogP contribution in [0.2, 0.25) is 0 Å². The molecule has 0 spiro atoms. The van der Waals surface area contributed by atoms with Crippen LogP contribution in [0.4, 0.5) is 5.69 Å². The lowest BCUT2D eigenvalue weighted by atomic mass is 10.0. The van der Waals surface area contributed by atoms with Gasteiger partial charge in [0.15, 0.2) is 0 Å². The van der Waals surface area contributed by atoms with Gasteiger partial charge >= 0.3 is 0 Å². The number of ether oxygens (including phenoxy) is 1. The van der Waals surface area contributed by atoms with Crippen molar-refractivity contribution in [2.45, 2.75) is 19.4 Å². The van der Waals surface area contributed by atoms with Crippen molar-refractivity contribution in [2.24, 2.45) is 0 Å². The highest BCUT2D eigenvalue weighted by Crippen LogP contribution is 2.33. The van der Waals surface area contributed by atoms with Crippen LogP contribution in [0.25, 0.3) is 11.1 Å². The molecular weight excluding hydrogens is 324 g/mol. The third kappa shape index (κ3) is 3.47. The van der Waals surface area contributed by atoms with Crippen LogP contribution in [0, 0.1) is 0 Å². The minimum atomic E-state index is -0.166. The van der Waals surface area contributed by atoms with Gasteiger partial charge in [-0.05, 0) is 35.4 Å². The first-order valence-corrected chi connectivity index (χ1v) is 7.78. The molecule has 0 saturated carbocycles. The molecule has 7 nitrogen and oxygen atoms in total. The van der Waals surface area contributed by atoms with Crippen molar-refractivity contribution in [3.8, 4) is 16.9 Å². The number of methoxy groups -OCH3 is 1. The molecule has 130 valence electrons. The lowest BCUT2D eigenvalue weighted by Gasteiger charge is -2.17. The molecule has 2 aromatic rings. The van der Waals surface area contributed by atoms with Crippen LogP contribution in [0.3, 0.4) is 0 Å². The van der Waals surface area contributed by atoms with Gasteiger partial charge in [-0.15, -0.1) is 5.23 Å². The van der Waals surface area contributed by atoms with Gasteiger partial charge in [0.2, 0.25) is 11.8 Å². The summed E-state index contributed by atoms with van der Waals surface area (Å²) in [6, 6.07) is 12.0. The van der Waals surface area contributed by atoms with E-state index < -0.39 is 0 Å². The van der Waals surface area contributed by atoms with Crippen LogP contribution >= 0.6 is 0 Å². The molecular formula is C18H18N2O5. The Morgan fingerprint density at radius 2 is 1.80 bits per heavy atom. The Bertz CT molecular complexity index is 803. The minimum Gasteiger partial charge on any atom is -0.496 e. The lowest BCUT2D eigenvalue weighted by molar-refractivity contribution is -0.139. The normalized spacial score (nSPS) is 14.1. The minimum absolute atomic E-state index is 0.0430. The number of carbonyl (C=O) groups excluding carboxylic acids is 2. The maximum absolute atomic E-state index is 11.8. The van der Waals surface area contributed by atoms with Crippen molar-refractivity contribution in [1.29, 1.82) is 0 Å². The number of anilines is 1. The highest BCUT2D eigenvalue weighted by atomic mass is 16.8. The molecule has 0 radical (unpaired) electrons. The number of imide groups is 1. The summed E-state index contributed by atoms with van der Waals surface area (Å²) in [5.74, 6) is 0.267. The van der Waals surface area contributed by atoms with E-state index in [1.54, 1.807) is 43.5 Å². The van der Waals surface area contributed by atoms with Gasteiger partial charge in [0, 0.05) is 18.4 Å². The van der Waals surface area contributed by atoms with E-state index in [1.165, 1.54) is 4.90 Å². The molecule has 1 saturated heterocycles. The first-order chi connectivity index (χ1) is 12.0. The molecule has 0 unspecified atom stereocenters. The predicted octanol–water partition coefficient (Wildman–Crippen LogP) is 2.60. The summed E-state index contributed by atoms with van der Waals surface area (Å²) >= 11 is 0. The number of amides is 2. The fraction of sp³-hybridized carbons (Fsp3) is 0.222. The quantitative estimate of drug-likeness (QED) is 0.641. The zero-order chi connectivity index (χ0) is 18.0. The Labute approximate surface area is 144 Å². The van der Waals surface area contributed by atoms with Gasteiger partial charge in [-0.25, -0.2) is 0 Å². The molecule has 0 aliphatic carbocycles. The SMILES string of the molecule is COc1ccc(CN2C(=O)CCC2=O)cc1-c1cccc(N(O)O)c1. The summed E-state index contributed by atoms with van der Waals surface area (Å²) in [4.78, 5) is 24.9. The first-order valence-electron chi connectivity index (χ1n) is 7.78. The van der Waals surface area contributed by atoms with Crippen LogP contribution in [0.15, 0.2) is 42.5 Å². The second-order valence-electron chi connectivity index (χ2n) is 5.75. The van der Waals surface area contributed by atoms with Crippen LogP contribution in [0.1, 0.15) is 18.4 Å². The Kier molecular flexibility index (Phi) is 4.69. The molecule has 2 N–H and O–H groups in total. The molecule has 0 bridgehead atoms. The molecule has 2 amide bonds. The Morgan fingerprint density at radius 3 is 2.44 bits per heavy atom. The molecule has 7 heteroatoms. The Morgan fingerprint density at radius 1 is 1.08 bits per heavy atom. The Hall–Kier alpha value is -2.90. The van der Waals surface area contributed by atoms with Crippen molar-refractivity contribution in [2.75, 3.05) is 12.3 Å². The summed E-state index contributed by atoms with van der Waals surface area (Å²) in [7, 11) is 1.54. The zero-order valence-corrected chi connectivity index (χ0v) is 13.7. The van der Waals surface area contributed by atoms with Crippen molar-refractivity contribution in [3.63, 3.8) is 0 Å². The number of likely N-dealkylation sites (tertiary alicyclic amines) is 1. The molecule has 1 fully saturated rings. The van der Waals surface area contributed by atoms with E-state index in [-0.39, 0.29) is 42.1 Å². The van der Waals surface area contributed by atoms with E-state index in [0.29, 0.717) is 11.3 Å². The lowest BCUT2D eigenvalue weighted by Crippen LogP contribution is -2.28. The number of hydrogen-bond donors (Lipinski definition) is 2. The second kappa shape index (κ2) is 6.92. The molecule has 25 heavy (non-hydrogen) atoms. The second-order valence-corrected chi connectivity index (χ2v) is 5.75. The number of benzene rings is 2. The Balaban J connectivity index is 1.97. The molecule has 3 rings (SSSR count). The van der Waals surface area contributed by atoms with Gasteiger partial charge in [0.05, 0.1) is 19.3 Å². The number of nitrogens with zero attached hydrogens (tertiary/aromatic N) is 2. The van der Waals surface area contributed by atoms with Crippen molar-refractivity contribution in [1.82, 2.24) is 4.90 Å². The standard InChI is InChI=1S/C18H18N2O5/c1-25-16-6-5-12(11-19-17(21)7-8-18(19)22)9-15(16)13-3-2-4-14(10-13)20(23)24/h2-6,9-10,23-24H,7-8,11H2,1H3. The van der Waals surface area contributed by atoms with Gasteiger partial charge in [-0.2, -0.15) is 0 Å². The summed E-state index contributed by atoms with van der Waals surface area (Å²) in [5.41, 5.74) is 2.43. The maximum atomic E-state index is 11.8. The fourth-order valence-electron chi connectivity index (χ4n) is 2.86. The van der Waals surface area contributed by atoms with E-state index in [0.717, 1.165) is 11.1 Å². The summed E-state index contributed by atoms with van der Waals surface area (Å²) in [5, 5.41) is 18.4. The maximum Gasteiger partial charge on any atom is 0.229 e. The highest BCUT2D eigenvalue weighted by Gasteiger charge is 2.28. The third-order valence-corrected chi connectivity index (χ3v) is 4.15. The number of rotatable bonds is 5. The summed E-state index contributed by atoms with van der Waals surface area (Å²) < 4.78 is 5.38.